The molecule has 0 saturated carbocycles. The molecular weight excluding hydrogens is 276 g/mol. The van der Waals surface area contributed by atoms with Crippen LogP contribution in [0.3, 0.4) is 0 Å². The van der Waals surface area contributed by atoms with E-state index >= 15 is 0 Å². The van der Waals surface area contributed by atoms with E-state index in [1.165, 1.54) is 0 Å². The average molecular weight is 294 g/mol. The molecule has 1 aromatic heterocycles. The smallest absolute Gasteiger partial charge is 0.311 e. The van der Waals surface area contributed by atoms with Gasteiger partial charge >= 0.3 is 5.97 Å². The number of rotatable bonds is 2. The van der Waals surface area contributed by atoms with Crippen LogP contribution in [0.15, 0.2) is 4.42 Å². The molecule has 1 aromatic rings. The molecule has 0 unspecified atom stereocenters. The molecular formula is C14H18N2O5. The largest absolute Gasteiger partial charge is 0.481 e. The zero-order valence-corrected chi connectivity index (χ0v) is 12.1. The Morgan fingerprint density at radius 3 is 2.76 bits per heavy atom. The molecule has 0 spiro atoms. The SMILES string of the molecule is Cc1nc(C)c(C(=O)N2C[C@H]3COCC[C@@]3(C(=O)O)C2)o1. The number of aliphatic carboxylic acids is 1. The van der Waals surface area contributed by atoms with Crippen LogP contribution in [0.1, 0.15) is 28.6 Å². The van der Waals surface area contributed by atoms with Gasteiger partial charge in [-0.25, -0.2) is 4.98 Å². The number of carboxylic acid groups (broad SMARTS) is 1. The average Bonchev–Trinajstić information content (AvgIpc) is 2.99. The van der Waals surface area contributed by atoms with Crippen molar-refractivity contribution < 1.29 is 23.8 Å². The van der Waals surface area contributed by atoms with Crippen LogP contribution in [0.5, 0.6) is 0 Å². The lowest BCUT2D eigenvalue weighted by atomic mass is 9.74. The first-order valence-electron chi connectivity index (χ1n) is 6.98. The van der Waals surface area contributed by atoms with Crippen LogP contribution in [0.2, 0.25) is 0 Å². The van der Waals surface area contributed by atoms with Crippen LogP contribution in [-0.2, 0) is 9.53 Å². The Morgan fingerprint density at radius 1 is 1.43 bits per heavy atom. The van der Waals surface area contributed by atoms with Gasteiger partial charge in [-0.2, -0.15) is 0 Å². The highest BCUT2D eigenvalue weighted by Crippen LogP contribution is 2.42. The fraction of sp³-hybridized carbons (Fsp3) is 0.643. The number of aryl methyl sites for hydroxylation is 2. The fourth-order valence-electron chi connectivity index (χ4n) is 3.33. The molecule has 7 nitrogen and oxygen atoms in total. The summed E-state index contributed by atoms with van der Waals surface area (Å²) in [6, 6.07) is 0. The van der Waals surface area contributed by atoms with Crippen molar-refractivity contribution in [3.05, 3.63) is 17.3 Å². The number of carbonyl (C=O) groups is 2. The quantitative estimate of drug-likeness (QED) is 0.869. The predicted molar refractivity (Wildman–Crippen MR) is 70.9 cm³/mol. The fourth-order valence-corrected chi connectivity index (χ4v) is 3.33. The van der Waals surface area contributed by atoms with Gasteiger partial charge in [0, 0.05) is 32.5 Å². The minimum atomic E-state index is -0.892. The van der Waals surface area contributed by atoms with Crippen molar-refractivity contribution in [3.63, 3.8) is 0 Å². The van der Waals surface area contributed by atoms with Crippen LogP contribution >= 0.6 is 0 Å². The Balaban J connectivity index is 1.87. The molecule has 2 aliphatic heterocycles. The molecule has 1 N–H and O–H groups in total. The molecule has 3 heterocycles. The summed E-state index contributed by atoms with van der Waals surface area (Å²) in [4.78, 5) is 29.9. The van der Waals surface area contributed by atoms with Crippen LogP contribution in [0.4, 0.5) is 0 Å². The summed E-state index contributed by atoms with van der Waals surface area (Å²) in [6.45, 7) is 4.78. The van der Waals surface area contributed by atoms with Crippen molar-refractivity contribution in [1.82, 2.24) is 9.88 Å². The lowest BCUT2D eigenvalue weighted by Gasteiger charge is -2.33. The van der Waals surface area contributed by atoms with Gasteiger partial charge in [0.05, 0.1) is 17.7 Å². The van der Waals surface area contributed by atoms with Crippen molar-refractivity contribution >= 4 is 11.9 Å². The third-order valence-corrected chi connectivity index (χ3v) is 4.52. The van der Waals surface area contributed by atoms with Gasteiger partial charge in [0.1, 0.15) is 0 Å². The molecule has 0 aliphatic carbocycles. The molecule has 7 heteroatoms. The van der Waals surface area contributed by atoms with E-state index in [9.17, 15) is 14.7 Å². The Hall–Kier alpha value is -1.89. The first-order valence-corrected chi connectivity index (χ1v) is 6.98. The topological polar surface area (TPSA) is 92.9 Å². The number of carbonyl (C=O) groups excluding carboxylic acids is 1. The van der Waals surface area contributed by atoms with Gasteiger partial charge in [0.15, 0.2) is 5.89 Å². The third kappa shape index (κ3) is 2.12. The van der Waals surface area contributed by atoms with Crippen LogP contribution in [0, 0.1) is 25.2 Å². The molecule has 0 aromatic carbocycles. The Kier molecular flexibility index (Phi) is 3.24. The van der Waals surface area contributed by atoms with E-state index in [2.05, 4.69) is 4.98 Å². The van der Waals surface area contributed by atoms with E-state index in [1.54, 1.807) is 18.7 Å². The lowest BCUT2D eigenvalue weighted by Crippen LogP contribution is -2.45. The van der Waals surface area contributed by atoms with Crippen LogP contribution in [0.25, 0.3) is 0 Å². The second-order valence-corrected chi connectivity index (χ2v) is 5.82. The van der Waals surface area contributed by atoms with Gasteiger partial charge < -0.3 is 19.2 Å². The number of ether oxygens (including phenoxy) is 1. The van der Waals surface area contributed by atoms with Gasteiger partial charge in [-0.3, -0.25) is 9.59 Å². The summed E-state index contributed by atoms with van der Waals surface area (Å²) >= 11 is 0. The second kappa shape index (κ2) is 4.84. The molecule has 2 aliphatic rings. The van der Waals surface area contributed by atoms with Gasteiger partial charge in [-0.1, -0.05) is 0 Å². The Labute approximate surface area is 121 Å². The normalized spacial score (nSPS) is 28.5. The summed E-state index contributed by atoms with van der Waals surface area (Å²) in [6.07, 6.45) is 0.436. The molecule has 2 saturated heterocycles. The first kappa shape index (κ1) is 14.1. The lowest BCUT2D eigenvalue weighted by molar-refractivity contribution is -0.157. The number of amides is 1. The van der Waals surface area contributed by atoms with Crippen molar-refractivity contribution in [2.75, 3.05) is 26.3 Å². The van der Waals surface area contributed by atoms with E-state index in [-0.39, 0.29) is 24.1 Å². The van der Waals surface area contributed by atoms with Gasteiger partial charge in [0.2, 0.25) is 5.76 Å². The third-order valence-electron chi connectivity index (χ3n) is 4.52. The predicted octanol–water partition coefficient (Wildman–Crippen LogP) is 0.855. The van der Waals surface area contributed by atoms with Gasteiger partial charge in [0.25, 0.3) is 5.91 Å². The zero-order chi connectivity index (χ0) is 15.2. The van der Waals surface area contributed by atoms with Crippen molar-refractivity contribution in [2.24, 2.45) is 11.3 Å². The zero-order valence-electron chi connectivity index (χ0n) is 12.1. The number of aromatic nitrogens is 1. The number of nitrogens with zero attached hydrogens (tertiary/aromatic N) is 2. The number of hydrogen-bond donors (Lipinski definition) is 1. The molecule has 114 valence electrons. The van der Waals surface area contributed by atoms with Crippen molar-refractivity contribution in [2.45, 2.75) is 20.3 Å². The Morgan fingerprint density at radius 2 is 2.19 bits per heavy atom. The minimum Gasteiger partial charge on any atom is -0.481 e. The van der Waals surface area contributed by atoms with E-state index in [1.807, 2.05) is 0 Å². The van der Waals surface area contributed by atoms with E-state index in [0.717, 1.165) is 0 Å². The van der Waals surface area contributed by atoms with Crippen molar-refractivity contribution in [1.29, 1.82) is 0 Å². The van der Waals surface area contributed by atoms with E-state index in [0.29, 0.717) is 37.8 Å². The molecule has 0 radical (unpaired) electrons. The summed E-state index contributed by atoms with van der Waals surface area (Å²) in [5.41, 5.74) is -0.357. The molecule has 21 heavy (non-hydrogen) atoms. The van der Waals surface area contributed by atoms with E-state index in [4.69, 9.17) is 9.15 Å². The summed E-state index contributed by atoms with van der Waals surface area (Å²) in [5.74, 6) is -0.673. The molecule has 2 atom stereocenters. The first-order chi connectivity index (χ1) is 9.94. The Bertz CT molecular complexity index is 596. The molecule has 3 rings (SSSR count). The molecule has 1 amide bonds. The second-order valence-electron chi connectivity index (χ2n) is 5.82. The van der Waals surface area contributed by atoms with Crippen LogP contribution < -0.4 is 0 Å². The number of likely N-dealkylation sites (tertiary alicyclic amines) is 1. The standard InChI is InChI=1S/C14H18N2O5/c1-8-11(21-9(2)15-8)12(17)16-5-10-6-20-4-3-14(10,7-16)13(18)19/h10H,3-7H2,1-2H3,(H,18,19)/t10-,14+/m0/s1. The molecule has 2 fully saturated rings. The maximum Gasteiger partial charge on any atom is 0.311 e. The summed E-state index contributed by atoms with van der Waals surface area (Å²) in [7, 11) is 0. The molecule has 0 bridgehead atoms. The van der Waals surface area contributed by atoms with Gasteiger partial charge in [-0.15, -0.1) is 0 Å². The summed E-state index contributed by atoms with van der Waals surface area (Å²) in [5, 5.41) is 9.60. The van der Waals surface area contributed by atoms with Crippen LogP contribution in [-0.4, -0.2) is 53.2 Å². The maximum atomic E-state index is 12.5. The highest BCUT2D eigenvalue weighted by molar-refractivity contribution is 5.93. The monoisotopic (exact) mass is 294 g/mol. The van der Waals surface area contributed by atoms with Crippen molar-refractivity contribution in [3.8, 4) is 0 Å². The summed E-state index contributed by atoms with van der Waals surface area (Å²) < 4.78 is 10.7. The number of carboxylic acids is 1. The maximum absolute atomic E-state index is 12.5. The highest BCUT2D eigenvalue weighted by Gasteiger charge is 2.55. The van der Waals surface area contributed by atoms with Gasteiger partial charge in [-0.05, 0) is 13.3 Å². The van der Waals surface area contributed by atoms with E-state index < -0.39 is 11.4 Å². The number of fused-ring (bicyclic) bond motifs is 1. The highest BCUT2D eigenvalue weighted by atomic mass is 16.5. The number of oxazole rings is 1. The minimum absolute atomic E-state index is 0.169. The number of hydrogen-bond acceptors (Lipinski definition) is 5.